The molecule has 2 aromatic rings. The van der Waals surface area contributed by atoms with Crippen LogP contribution in [0.15, 0.2) is 24.3 Å². The maximum absolute atomic E-state index is 11.7. The van der Waals surface area contributed by atoms with Gasteiger partial charge in [0.15, 0.2) is 0 Å². The Morgan fingerprint density at radius 2 is 2.05 bits per heavy atom. The van der Waals surface area contributed by atoms with Gasteiger partial charge in [-0.15, -0.1) is 0 Å². The number of nitrogens with zero attached hydrogens (tertiary/aromatic N) is 2. The van der Waals surface area contributed by atoms with E-state index in [9.17, 15) is 9.90 Å². The quantitative estimate of drug-likeness (QED) is 0.929. The maximum atomic E-state index is 11.7. The van der Waals surface area contributed by atoms with Gasteiger partial charge in [-0.25, -0.2) is 4.98 Å². The zero-order valence-electron chi connectivity index (χ0n) is 11.8. The predicted octanol–water partition coefficient (Wildman–Crippen LogP) is 3.24. The number of aliphatic carboxylic acids is 1. The van der Waals surface area contributed by atoms with Crippen molar-refractivity contribution >= 4 is 17.0 Å². The van der Waals surface area contributed by atoms with Gasteiger partial charge in [-0.3, -0.25) is 4.79 Å². The van der Waals surface area contributed by atoms with Crippen LogP contribution in [0.2, 0.25) is 0 Å². The van der Waals surface area contributed by atoms with Gasteiger partial charge < -0.3 is 9.67 Å². The van der Waals surface area contributed by atoms with Gasteiger partial charge >= 0.3 is 5.97 Å². The fourth-order valence-corrected chi connectivity index (χ4v) is 3.43. The number of benzene rings is 1. The van der Waals surface area contributed by atoms with Gasteiger partial charge in [0.2, 0.25) is 0 Å². The fraction of sp³-hybridized carbons (Fsp3) is 0.500. The molecule has 0 spiro atoms. The van der Waals surface area contributed by atoms with Gasteiger partial charge in [-0.1, -0.05) is 25.0 Å². The molecule has 1 fully saturated rings. The number of carboxylic acid groups (broad SMARTS) is 1. The Balaban J connectivity index is 2.03. The van der Waals surface area contributed by atoms with Gasteiger partial charge in [0.05, 0.1) is 16.4 Å². The number of rotatable bonds is 4. The number of aromatic nitrogens is 2. The van der Waals surface area contributed by atoms with Crippen LogP contribution in [0.25, 0.3) is 11.0 Å². The van der Waals surface area contributed by atoms with E-state index in [-0.39, 0.29) is 0 Å². The van der Waals surface area contributed by atoms with Crippen molar-refractivity contribution < 1.29 is 9.90 Å². The Bertz CT molecular complexity index is 639. The Morgan fingerprint density at radius 3 is 2.70 bits per heavy atom. The molecule has 4 nitrogen and oxygen atoms in total. The van der Waals surface area contributed by atoms with Crippen molar-refractivity contribution in [2.24, 2.45) is 5.41 Å². The molecule has 1 saturated carbocycles. The largest absolute Gasteiger partial charge is 0.481 e. The molecule has 3 rings (SSSR count). The summed E-state index contributed by atoms with van der Waals surface area (Å²) in [6.07, 6.45) is 4.12. The lowest BCUT2D eigenvalue weighted by molar-refractivity contribution is -0.148. The molecule has 1 N–H and O–H groups in total. The first kappa shape index (κ1) is 13.2. The molecule has 0 saturated heterocycles. The molecular formula is C16H20N2O2. The molecule has 0 atom stereocenters. The Labute approximate surface area is 118 Å². The van der Waals surface area contributed by atoms with Crippen molar-refractivity contribution in [2.75, 3.05) is 0 Å². The predicted molar refractivity (Wildman–Crippen MR) is 77.6 cm³/mol. The highest BCUT2D eigenvalue weighted by Crippen LogP contribution is 2.41. The van der Waals surface area contributed by atoms with Crippen LogP contribution in [-0.2, 0) is 17.8 Å². The zero-order valence-corrected chi connectivity index (χ0v) is 11.8. The lowest BCUT2D eigenvalue weighted by Crippen LogP contribution is -2.31. The van der Waals surface area contributed by atoms with Crippen LogP contribution >= 0.6 is 0 Å². The first-order chi connectivity index (χ1) is 9.66. The summed E-state index contributed by atoms with van der Waals surface area (Å²) in [6.45, 7) is 2.91. The average Bonchev–Trinajstić information content (AvgIpc) is 3.03. The minimum Gasteiger partial charge on any atom is -0.481 e. The van der Waals surface area contributed by atoms with Crippen LogP contribution in [0.1, 0.15) is 38.4 Å². The smallest absolute Gasteiger partial charge is 0.310 e. The van der Waals surface area contributed by atoms with Crippen LogP contribution in [-0.4, -0.2) is 20.6 Å². The number of carbonyl (C=O) groups is 1. The maximum Gasteiger partial charge on any atom is 0.310 e. The average molecular weight is 272 g/mol. The normalized spacial score (nSPS) is 17.6. The van der Waals surface area contributed by atoms with Crippen molar-refractivity contribution in [3.63, 3.8) is 0 Å². The van der Waals surface area contributed by atoms with Crippen molar-refractivity contribution in [3.8, 4) is 0 Å². The molecule has 0 amide bonds. The molecule has 0 radical (unpaired) electrons. The Hall–Kier alpha value is -1.84. The van der Waals surface area contributed by atoms with Gasteiger partial charge in [0, 0.05) is 13.0 Å². The van der Waals surface area contributed by atoms with Crippen LogP contribution in [0, 0.1) is 5.41 Å². The third kappa shape index (κ3) is 1.99. The molecule has 1 aliphatic carbocycles. The van der Waals surface area contributed by atoms with E-state index >= 15 is 0 Å². The van der Waals surface area contributed by atoms with Crippen LogP contribution in [0.5, 0.6) is 0 Å². The van der Waals surface area contributed by atoms with Crippen molar-refractivity contribution in [1.29, 1.82) is 0 Å². The number of hydrogen-bond acceptors (Lipinski definition) is 2. The molecular weight excluding hydrogens is 252 g/mol. The number of imidazole rings is 1. The lowest BCUT2D eigenvalue weighted by Gasteiger charge is -2.23. The first-order valence-electron chi connectivity index (χ1n) is 7.34. The number of carboxylic acids is 1. The van der Waals surface area contributed by atoms with Gasteiger partial charge in [-0.2, -0.15) is 0 Å². The summed E-state index contributed by atoms with van der Waals surface area (Å²) >= 11 is 0. The molecule has 1 aromatic carbocycles. The molecule has 106 valence electrons. The Morgan fingerprint density at radius 1 is 1.35 bits per heavy atom. The summed E-state index contributed by atoms with van der Waals surface area (Å²) in [7, 11) is 0. The monoisotopic (exact) mass is 272 g/mol. The number of aryl methyl sites for hydroxylation is 1. The second kappa shape index (κ2) is 4.93. The number of fused-ring (bicyclic) bond motifs is 1. The van der Waals surface area contributed by atoms with E-state index in [0.717, 1.165) is 49.1 Å². The topological polar surface area (TPSA) is 55.1 Å². The van der Waals surface area contributed by atoms with Crippen LogP contribution in [0.3, 0.4) is 0 Å². The van der Waals surface area contributed by atoms with Crippen molar-refractivity contribution in [1.82, 2.24) is 9.55 Å². The zero-order chi connectivity index (χ0) is 14.2. The van der Waals surface area contributed by atoms with Crippen molar-refractivity contribution in [2.45, 2.75) is 45.6 Å². The van der Waals surface area contributed by atoms with Gasteiger partial charge in [0.25, 0.3) is 0 Å². The highest BCUT2D eigenvalue weighted by molar-refractivity contribution is 5.77. The highest BCUT2D eigenvalue weighted by Gasteiger charge is 2.42. The minimum atomic E-state index is -0.662. The van der Waals surface area contributed by atoms with Crippen molar-refractivity contribution in [3.05, 3.63) is 30.1 Å². The first-order valence-corrected chi connectivity index (χ1v) is 7.34. The fourth-order valence-electron chi connectivity index (χ4n) is 3.43. The summed E-state index contributed by atoms with van der Waals surface area (Å²) in [4.78, 5) is 16.4. The highest BCUT2D eigenvalue weighted by atomic mass is 16.4. The lowest BCUT2D eigenvalue weighted by atomic mass is 9.82. The number of hydrogen-bond donors (Lipinski definition) is 1. The Kier molecular flexibility index (Phi) is 3.24. The van der Waals surface area contributed by atoms with E-state index in [2.05, 4.69) is 22.5 Å². The van der Waals surface area contributed by atoms with Crippen LogP contribution in [0.4, 0.5) is 0 Å². The third-order valence-electron chi connectivity index (χ3n) is 4.56. The van der Waals surface area contributed by atoms with Gasteiger partial charge in [-0.05, 0) is 31.9 Å². The molecule has 20 heavy (non-hydrogen) atoms. The summed E-state index contributed by atoms with van der Waals surface area (Å²) in [5.41, 5.74) is 1.46. The molecule has 0 aliphatic heterocycles. The molecule has 1 heterocycles. The second-order valence-electron chi connectivity index (χ2n) is 5.73. The molecule has 1 aromatic heterocycles. The van der Waals surface area contributed by atoms with E-state index < -0.39 is 11.4 Å². The minimum absolute atomic E-state index is 0.546. The SMILES string of the molecule is CCn1c(CC2(C(=O)O)CCCC2)nc2ccccc21. The molecule has 0 unspecified atom stereocenters. The summed E-state index contributed by atoms with van der Waals surface area (Å²) < 4.78 is 2.15. The van der Waals surface area contributed by atoms with E-state index in [1.807, 2.05) is 18.2 Å². The summed E-state index contributed by atoms with van der Waals surface area (Å²) in [6, 6.07) is 8.02. The van der Waals surface area contributed by atoms with E-state index in [1.54, 1.807) is 0 Å². The van der Waals surface area contributed by atoms with E-state index in [4.69, 9.17) is 0 Å². The van der Waals surface area contributed by atoms with E-state index in [0.29, 0.717) is 6.42 Å². The summed E-state index contributed by atoms with van der Waals surface area (Å²) in [5.74, 6) is 0.253. The standard InChI is InChI=1S/C16H20N2O2/c1-2-18-13-8-4-3-7-12(13)17-14(18)11-16(15(19)20)9-5-6-10-16/h3-4,7-8H,2,5-6,9-11H2,1H3,(H,19,20). The summed E-state index contributed by atoms with van der Waals surface area (Å²) in [5, 5.41) is 9.63. The molecule has 4 heteroatoms. The van der Waals surface area contributed by atoms with Crippen LogP contribution < -0.4 is 0 Å². The third-order valence-corrected chi connectivity index (χ3v) is 4.56. The van der Waals surface area contributed by atoms with Gasteiger partial charge in [0.1, 0.15) is 5.82 Å². The second-order valence-corrected chi connectivity index (χ2v) is 5.73. The van der Waals surface area contributed by atoms with E-state index in [1.165, 1.54) is 0 Å². The molecule has 0 bridgehead atoms. The molecule has 1 aliphatic rings. The number of para-hydroxylation sites is 2.